The number of aliphatic imine (C=N–C) groups is 1. The molecule has 0 amide bonds. The summed E-state index contributed by atoms with van der Waals surface area (Å²) in [5.74, 6) is 1.97. The zero-order valence-corrected chi connectivity index (χ0v) is 16.2. The number of ether oxygens (including phenoxy) is 2. The summed E-state index contributed by atoms with van der Waals surface area (Å²) >= 11 is 0. The van der Waals surface area contributed by atoms with Crippen molar-refractivity contribution in [3.63, 3.8) is 0 Å². The van der Waals surface area contributed by atoms with E-state index < -0.39 is 0 Å². The first-order valence-electron chi connectivity index (χ1n) is 8.76. The van der Waals surface area contributed by atoms with E-state index in [1.54, 1.807) is 0 Å². The highest BCUT2D eigenvalue weighted by Gasteiger charge is 2.31. The Bertz CT molecular complexity index is 367. The fourth-order valence-corrected chi connectivity index (χ4v) is 3.52. The molecule has 1 saturated carbocycles. The first kappa shape index (κ1) is 19.2. The summed E-state index contributed by atoms with van der Waals surface area (Å²) in [5.41, 5.74) is 6.04. The zero-order chi connectivity index (χ0) is 15.2. The Morgan fingerprint density at radius 1 is 1.17 bits per heavy atom. The third-order valence-electron chi connectivity index (χ3n) is 5.27. The van der Waals surface area contributed by atoms with Crippen LogP contribution < -0.4 is 11.1 Å². The SMILES string of the molecule is I.NC(=NCC(C1CCOC1)N1CCOCC1)NCC1CCC1. The molecule has 134 valence electrons. The quantitative estimate of drug-likeness (QED) is 0.369. The molecule has 3 aliphatic rings. The van der Waals surface area contributed by atoms with E-state index in [-0.39, 0.29) is 24.0 Å². The number of nitrogens with zero attached hydrogens (tertiary/aromatic N) is 2. The number of rotatable bonds is 6. The Kier molecular flexibility index (Phi) is 8.35. The standard InChI is InChI=1S/C16H30N4O2.HI/c17-16(18-10-13-2-1-3-13)19-11-15(14-4-7-22-12-14)20-5-8-21-9-6-20;/h13-15H,1-12H2,(H3,17,18,19);1H. The minimum atomic E-state index is 0. The molecular weight excluding hydrogens is 407 g/mol. The second-order valence-electron chi connectivity index (χ2n) is 6.74. The van der Waals surface area contributed by atoms with Crippen LogP contribution in [0.4, 0.5) is 0 Å². The van der Waals surface area contributed by atoms with Crippen LogP contribution in [0.3, 0.4) is 0 Å². The van der Waals surface area contributed by atoms with Gasteiger partial charge >= 0.3 is 0 Å². The number of halogens is 1. The van der Waals surface area contributed by atoms with Crippen LogP contribution in [0.1, 0.15) is 25.7 Å². The van der Waals surface area contributed by atoms with Gasteiger partial charge in [-0.25, -0.2) is 0 Å². The highest BCUT2D eigenvalue weighted by atomic mass is 127. The van der Waals surface area contributed by atoms with E-state index in [1.807, 2.05) is 0 Å². The molecule has 0 bridgehead atoms. The molecule has 0 aromatic carbocycles. The van der Waals surface area contributed by atoms with Gasteiger partial charge in [-0.15, -0.1) is 24.0 Å². The van der Waals surface area contributed by atoms with Crippen LogP contribution >= 0.6 is 24.0 Å². The largest absolute Gasteiger partial charge is 0.381 e. The molecule has 3 fully saturated rings. The summed E-state index contributed by atoms with van der Waals surface area (Å²) in [7, 11) is 0. The number of hydrogen-bond donors (Lipinski definition) is 2. The van der Waals surface area contributed by atoms with Gasteiger partial charge in [-0.2, -0.15) is 0 Å². The van der Waals surface area contributed by atoms with Crippen molar-refractivity contribution in [2.24, 2.45) is 22.6 Å². The van der Waals surface area contributed by atoms with E-state index >= 15 is 0 Å². The molecule has 6 nitrogen and oxygen atoms in total. The number of morpholine rings is 1. The Labute approximate surface area is 156 Å². The van der Waals surface area contributed by atoms with Gasteiger partial charge in [0.25, 0.3) is 0 Å². The average molecular weight is 438 g/mol. The molecule has 2 aliphatic heterocycles. The van der Waals surface area contributed by atoms with Crippen LogP contribution in [-0.2, 0) is 9.47 Å². The maximum absolute atomic E-state index is 6.04. The molecule has 2 unspecified atom stereocenters. The van der Waals surface area contributed by atoms with E-state index in [2.05, 4.69) is 15.2 Å². The Hall–Kier alpha value is -0.120. The fraction of sp³-hybridized carbons (Fsp3) is 0.938. The van der Waals surface area contributed by atoms with Crippen molar-refractivity contribution < 1.29 is 9.47 Å². The molecule has 2 saturated heterocycles. The highest BCUT2D eigenvalue weighted by Crippen LogP contribution is 2.25. The predicted octanol–water partition coefficient (Wildman–Crippen LogP) is 1.05. The van der Waals surface area contributed by atoms with Crippen LogP contribution in [0.5, 0.6) is 0 Å². The monoisotopic (exact) mass is 438 g/mol. The van der Waals surface area contributed by atoms with Crippen molar-refractivity contribution in [2.45, 2.75) is 31.7 Å². The number of guanidine groups is 1. The molecule has 23 heavy (non-hydrogen) atoms. The third-order valence-corrected chi connectivity index (χ3v) is 5.27. The Morgan fingerprint density at radius 2 is 1.96 bits per heavy atom. The van der Waals surface area contributed by atoms with E-state index in [4.69, 9.17) is 15.2 Å². The van der Waals surface area contributed by atoms with Gasteiger partial charge in [-0.05, 0) is 25.2 Å². The molecule has 0 aromatic rings. The Balaban J connectivity index is 0.00000192. The van der Waals surface area contributed by atoms with Gasteiger partial charge in [0.15, 0.2) is 5.96 Å². The van der Waals surface area contributed by atoms with Gasteiger partial charge in [0.05, 0.1) is 26.4 Å². The lowest BCUT2D eigenvalue weighted by atomic mass is 9.85. The van der Waals surface area contributed by atoms with Crippen molar-refractivity contribution in [3.8, 4) is 0 Å². The van der Waals surface area contributed by atoms with E-state index in [0.29, 0.717) is 17.9 Å². The number of nitrogens with one attached hydrogen (secondary N) is 1. The van der Waals surface area contributed by atoms with Crippen LogP contribution in [0.2, 0.25) is 0 Å². The molecule has 0 aromatic heterocycles. The van der Waals surface area contributed by atoms with Gasteiger partial charge in [0.1, 0.15) is 0 Å². The lowest BCUT2D eigenvalue weighted by molar-refractivity contribution is 0.00369. The van der Waals surface area contributed by atoms with E-state index in [9.17, 15) is 0 Å². The summed E-state index contributed by atoms with van der Waals surface area (Å²) in [5, 5.41) is 3.29. The second-order valence-corrected chi connectivity index (χ2v) is 6.74. The van der Waals surface area contributed by atoms with Crippen LogP contribution in [0.25, 0.3) is 0 Å². The maximum atomic E-state index is 6.04. The van der Waals surface area contributed by atoms with Gasteiger partial charge in [0.2, 0.25) is 0 Å². The van der Waals surface area contributed by atoms with Crippen molar-refractivity contribution in [1.82, 2.24) is 10.2 Å². The molecule has 2 atom stereocenters. The van der Waals surface area contributed by atoms with Gasteiger partial charge in [-0.1, -0.05) is 6.42 Å². The van der Waals surface area contributed by atoms with Gasteiger partial charge in [-0.3, -0.25) is 9.89 Å². The maximum Gasteiger partial charge on any atom is 0.188 e. The first-order valence-corrected chi connectivity index (χ1v) is 8.76. The molecule has 0 radical (unpaired) electrons. The molecular formula is C16H31IN4O2. The lowest BCUT2D eigenvalue weighted by Crippen LogP contribution is -2.49. The van der Waals surface area contributed by atoms with E-state index in [0.717, 1.165) is 64.9 Å². The first-order chi connectivity index (χ1) is 10.8. The topological polar surface area (TPSA) is 72.1 Å². The fourth-order valence-electron chi connectivity index (χ4n) is 3.52. The van der Waals surface area contributed by atoms with Crippen molar-refractivity contribution >= 4 is 29.9 Å². The summed E-state index contributed by atoms with van der Waals surface area (Å²) in [4.78, 5) is 7.13. The number of nitrogens with two attached hydrogens (primary N) is 1. The average Bonchev–Trinajstić information content (AvgIpc) is 3.01. The van der Waals surface area contributed by atoms with Gasteiger partial charge < -0.3 is 20.5 Å². The summed E-state index contributed by atoms with van der Waals surface area (Å²) < 4.78 is 11.1. The normalized spacial score (nSPS) is 28.0. The summed E-state index contributed by atoms with van der Waals surface area (Å²) in [6.45, 7) is 7.10. The van der Waals surface area contributed by atoms with E-state index in [1.165, 1.54) is 19.3 Å². The third kappa shape index (κ3) is 5.72. The second kappa shape index (κ2) is 10.0. The minimum Gasteiger partial charge on any atom is -0.381 e. The molecule has 3 N–H and O–H groups in total. The smallest absolute Gasteiger partial charge is 0.188 e. The summed E-state index contributed by atoms with van der Waals surface area (Å²) in [6, 6.07) is 0.426. The predicted molar refractivity (Wildman–Crippen MR) is 102 cm³/mol. The van der Waals surface area contributed by atoms with Crippen molar-refractivity contribution in [1.29, 1.82) is 0 Å². The van der Waals surface area contributed by atoms with Crippen LogP contribution in [0.15, 0.2) is 4.99 Å². The Morgan fingerprint density at radius 3 is 2.57 bits per heavy atom. The number of hydrogen-bond acceptors (Lipinski definition) is 4. The van der Waals surface area contributed by atoms with Crippen molar-refractivity contribution in [3.05, 3.63) is 0 Å². The van der Waals surface area contributed by atoms with Crippen LogP contribution in [-0.4, -0.2) is 69.5 Å². The molecule has 7 heteroatoms. The molecule has 2 heterocycles. The summed E-state index contributed by atoms with van der Waals surface area (Å²) in [6.07, 6.45) is 5.16. The zero-order valence-electron chi connectivity index (χ0n) is 13.9. The molecule has 0 spiro atoms. The highest BCUT2D eigenvalue weighted by molar-refractivity contribution is 14.0. The lowest BCUT2D eigenvalue weighted by Gasteiger charge is -2.36. The van der Waals surface area contributed by atoms with Crippen molar-refractivity contribution in [2.75, 3.05) is 52.6 Å². The van der Waals surface area contributed by atoms with Gasteiger partial charge in [0, 0.05) is 38.2 Å². The van der Waals surface area contributed by atoms with Crippen LogP contribution in [0, 0.1) is 11.8 Å². The minimum absolute atomic E-state index is 0. The molecule has 1 aliphatic carbocycles. The molecule has 3 rings (SSSR count).